The molecule has 0 aliphatic carbocycles. The van der Waals surface area contributed by atoms with Gasteiger partial charge in [-0.15, -0.1) is 0 Å². The van der Waals surface area contributed by atoms with Gasteiger partial charge in [-0.25, -0.2) is 9.18 Å². The van der Waals surface area contributed by atoms with Crippen LogP contribution in [0.25, 0.3) is 0 Å². The van der Waals surface area contributed by atoms with Crippen LogP contribution in [0.15, 0.2) is 18.2 Å². The number of rotatable bonds is 4. The Labute approximate surface area is 128 Å². The quantitative estimate of drug-likeness (QED) is 0.882. The minimum Gasteiger partial charge on any atom is -0.496 e. The number of carbonyl (C=O) groups is 2. The molecular weight excluding hydrogens is 289 g/mol. The van der Waals surface area contributed by atoms with E-state index in [0.29, 0.717) is 30.8 Å². The molecule has 1 fully saturated rings. The van der Waals surface area contributed by atoms with Crippen LogP contribution in [0.1, 0.15) is 24.9 Å². The normalized spacial score (nSPS) is 18.9. The Kier molecular flexibility index (Phi) is 4.85. The highest BCUT2D eigenvalue weighted by molar-refractivity contribution is 5.80. The van der Waals surface area contributed by atoms with Crippen molar-refractivity contribution in [3.8, 4) is 5.75 Å². The zero-order chi connectivity index (χ0) is 16.3. The Balaban J connectivity index is 2.03. The number of nitrogens with one attached hydrogen (secondary N) is 1. The lowest BCUT2D eigenvalue weighted by Gasteiger charge is -2.22. The maximum Gasteiger partial charge on any atom is 0.317 e. The van der Waals surface area contributed by atoms with Crippen LogP contribution in [-0.2, 0) is 4.79 Å². The van der Waals surface area contributed by atoms with E-state index in [0.717, 1.165) is 0 Å². The molecule has 0 bridgehead atoms. The van der Waals surface area contributed by atoms with Gasteiger partial charge < -0.3 is 20.7 Å². The fourth-order valence-electron chi connectivity index (χ4n) is 2.57. The van der Waals surface area contributed by atoms with Crippen LogP contribution in [0.2, 0.25) is 0 Å². The molecule has 0 aromatic heterocycles. The number of ether oxygens (including phenoxy) is 1. The van der Waals surface area contributed by atoms with Crippen LogP contribution in [-0.4, -0.2) is 37.0 Å². The summed E-state index contributed by atoms with van der Waals surface area (Å²) in [5.41, 5.74) is 5.81. The molecule has 1 aliphatic heterocycles. The maximum absolute atomic E-state index is 13.4. The minimum atomic E-state index is -0.425. The van der Waals surface area contributed by atoms with Gasteiger partial charge in [-0.2, -0.15) is 0 Å². The monoisotopic (exact) mass is 309 g/mol. The van der Waals surface area contributed by atoms with E-state index in [1.54, 1.807) is 6.92 Å². The summed E-state index contributed by atoms with van der Waals surface area (Å²) in [6, 6.07) is 3.43. The van der Waals surface area contributed by atoms with Gasteiger partial charge >= 0.3 is 6.03 Å². The van der Waals surface area contributed by atoms with Crippen LogP contribution in [0.4, 0.5) is 9.18 Å². The molecule has 0 spiro atoms. The molecule has 1 saturated heterocycles. The van der Waals surface area contributed by atoms with Gasteiger partial charge in [0, 0.05) is 18.7 Å². The SMILES string of the molecule is COc1ccc(F)cc1C(C)NC(=O)N1CCC(C(N)=O)C1. The summed E-state index contributed by atoms with van der Waals surface area (Å²) < 4.78 is 18.6. The van der Waals surface area contributed by atoms with Gasteiger partial charge in [-0.3, -0.25) is 4.79 Å². The highest BCUT2D eigenvalue weighted by Gasteiger charge is 2.30. The molecule has 1 aliphatic rings. The lowest BCUT2D eigenvalue weighted by molar-refractivity contribution is -0.121. The molecule has 7 heteroatoms. The van der Waals surface area contributed by atoms with Crippen LogP contribution >= 0.6 is 0 Å². The molecule has 0 saturated carbocycles. The molecular formula is C15H20FN3O3. The molecule has 1 aromatic carbocycles. The number of urea groups is 1. The summed E-state index contributed by atoms with van der Waals surface area (Å²) in [6.45, 7) is 2.54. The van der Waals surface area contributed by atoms with E-state index in [4.69, 9.17) is 10.5 Å². The van der Waals surface area contributed by atoms with Gasteiger partial charge in [0.2, 0.25) is 5.91 Å². The largest absolute Gasteiger partial charge is 0.496 e. The lowest BCUT2D eigenvalue weighted by Crippen LogP contribution is -2.40. The third-order valence-electron chi connectivity index (χ3n) is 3.88. The van der Waals surface area contributed by atoms with Crippen molar-refractivity contribution in [1.29, 1.82) is 0 Å². The first-order valence-electron chi connectivity index (χ1n) is 7.10. The van der Waals surface area contributed by atoms with Gasteiger partial charge in [-0.1, -0.05) is 0 Å². The molecule has 2 rings (SSSR count). The fraction of sp³-hybridized carbons (Fsp3) is 0.467. The first kappa shape index (κ1) is 16.1. The number of hydrogen-bond acceptors (Lipinski definition) is 3. The second-order valence-electron chi connectivity index (χ2n) is 5.39. The predicted molar refractivity (Wildman–Crippen MR) is 78.8 cm³/mol. The Morgan fingerprint density at radius 2 is 2.23 bits per heavy atom. The Hall–Kier alpha value is -2.31. The van der Waals surface area contributed by atoms with Crippen molar-refractivity contribution in [3.05, 3.63) is 29.6 Å². The van der Waals surface area contributed by atoms with E-state index in [1.807, 2.05) is 0 Å². The standard InChI is InChI=1S/C15H20FN3O3/c1-9(12-7-11(16)3-4-13(12)22-2)18-15(21)19-6-5-10(8-19)14(17)20/h3-4,7,9-10H,5-6,8H2,1-2H3,(H2,17,20)(H,18,21). The van der Waals surface area contributed by atoms with Crippen molar-refractivity contribution in [2.75, 3.05) is 20.2 Å². The van der Waals surface area contributed by atoms with Crippen LogP contribution in [0.5, 0.6) is 5.75 Å². The molecule has 1 aromatic rings. The number of halogens is 1. The maximum atomic E-state index is 13.4. The van der Waals surface area contributed by atoms with E-state index in [9.17, 15) is 14.0 Å². The summed E-state index contributed by atoms with van der Waals surface area (Å²) in [7, 11) is 1.49. The Morgan fingerprint density at radius 3 is 2.82 bits per heavy atom. The number of methoxy groups -OCH3 is 1. The molecule has 6 nitrogen and oxygen atoms in total. The topological polar surface area (TPSA) is 84.7 Å². The molecule has 0 radical (unpaired) electrons. The Morgan fingerprint density at radius 1 is 1.50 bits per heavy atom. The summed E-state index contributed by atoms with van der Waals surface area (Å²) in [6.07, 6.45) is 0.570. The highest BCUT2D eigenvalue weighted by atomic mass is 19.1. The minimum absolute atomic E-state index is 0.301. The van der Waals surface area contributed by atoms with Gasteiger partial charge in [-0.05, 0) is 31.5 Å². The second-order valence-corrected chi connectivity index (χ2v) is 5.39. The lowest BCUT2D eigenvalue weighted by atomic mass is 10.1. The van der Waals surface area contributed by atoms with Crippen molar-refractivity contribution >= 4 is 11.9 Å². The number of primary amides is 1. The molecule has 3 amide bonds. The third kappa shape index (κ3) is 3.47. The summed E-state index contributed by atoms with van der Waals surface area (Å²) >= 11 is 0. The molecule has 3 N–H and O–H groups in total. The number of amides is 3. The van der Waals surface area contributed by atoms with Gasteiger partial charge in [0.25, 0.3) is 0 Å². The van der Waals surface area contributed by atoms with Gasteiger partial charge in [0.1, 0.15) is 11.6 Å². The molecule has 120 valence electrons. The predicted octanol–water partition coefficient (Wildman–Crippen LogP) is 1.41. The number of likely N-dealkylation sites (tertiary alicyclic amines) is 1. The average Bonchev–Trinajstić information content (AvgIpc) is 2.97. The van der Waals surface area contributed by atoms with E-state index in [-0.39, 0.29) is 11.9 Å². The van der Waals surface area contributed by atoms with E-state index in [1.165, 1.54) is 30.2 Å². The van der Waals surface area contributed by atoms with Crippen molar-refractivity contribution in [2.24, 2.45) is 11.7 Å². The van der Waals surface area contributed by atoms with E-state index < -0.39 is 17.8 Å². The first-order valence-corrected chi connectivity index (χ1v) is 7.10. The van der Waals surface area contributed by atoms with E-state index in [2.05, 4.69) is 5.32 Å². The van der Waals surface area contributed by atoms with Crippen molar-refractivity contribution < 1.29 is 18.7 Å². The summed E-state index contributed by atoms with van der Waals surface area (Å²) in [4.78, 5) is 24.9. The smallest absolute Gasteiger partial charge is 0.317 e. The number of benzene rings is 1. The second kappa shape index (κ2) is 6.64. The zero-order valence-corrected chi connectivity index (χ0v) is 12.6. The van der Waals surface area contributed by atoms with E-state index >= 15 is 0 Å². The molecule has 1 heterocycles. The Bertz CT molecular complexity index is 579. The summed E-state index contributed by atoms with van der Waals surface area (Å²) in [5, 5.41) is 2.79. The zero-order valence-electron chi connectivity index (χ0n) is 12.6. The van der Waals surface area contributed by atoms with Crippen molar-refractivity contribution in [2.45, 2.75) is 19.4 Å². The molecule has 2 atom stereocenters. The number of nitrogens with two attached hydrogens (primary N) is 1. The number of carbonyl (C=O) groups excluding carboxylic acids is 2. The van der Waals surface area contributed by atoms with Crippen LogP contribution < -0.4 is 15.8 Å². The average molecular weight is 309 g/mol. The fourth-order valence-corrected chi connectivity index (χ4v) is 2.57. The van der Waals surface area contributed by atoms with Crippen molar-refractivity contribution in [1.82, 2.24) is 10.2 Å². The highest BCUT2D eigenvalue weighted by Crippen LogP contribution is 2.26. The van der Waals surface area contributed by atoms with Crippen molar-refractivity contribution in [3.63, 3.8) is 0 Å². The van der Waals surface area contributed by atoms with Gasteiger partial charge in [0.05, 0.1) is 19.1 Å². The third-order valence-corrected chi connectivity index (χ3v) is 3.88. The van der Waals surface area contributed by atoms with Gasteiger partial charge in [0.15, 0.2) is 0 Å². The summed E-state index contributed by atoms with van der Waals surface area (Å²) in [5.74, 6) is -0.586. The molecule has 22 heavy (non-hydrogen) atoms. The number of hydrogen-bond donors (Lipinski definition) is 2. The molecule has 2 unspecified atom stereocenters. The first-order chi connectivity index (χ1) is 10.4. The number of nitrogens with zero attached hydrogens (tertiary/aromatic N) is 1. The van der Waals surface area contributed by atoms with Crippen LogP contribution in [0.3, 0.4) is 0 Å². The van der Waals surface area contributed by atoms with Crippen LogP contribution in [0, 0.1) is 11.7 Å².